The van der Waals surface area contributed by atoms with Gasteiger partial charge in [-0.3, -0.25) is 4.99 Å². The highest BCUT2D eigenvalue weighted by Crippen LogP contribution is 2.24. The Hall–Kier alpha value is -2.09. The van der Waals surface area contributed by atoms with Gasteiger partial charge in [0.1, 0.15) is 12.2 Å². The molecule has 146 valence electrons. The molecule has 0 bridgehead atoms. The van der Waals surface area contributed by atoms with Crippen LogP contribution in [0.3, 0.4) is 0 Å². The number of anilines is 1. The van der Waals surface area contributed by atoms with Gasteiger partial charge >= 0.3 is 0 Å². The third-order valence-electron chi connectivity index (χ3n) is 4.92. The Kier molecular flexibility index (Phi) is 7.09. The van der Waals surface area contributed by atoms with Crippen LogP contribution in [0.4, 0.5) is 5.69 Å². The van der Waals surface area contributed by atoms with E-state index in [2.05, 4.69) is 82.4 Å². The second kappa shape index (κ2) is 9.73. The number of hydrogen-bond donors (Lipinski definition) is 2. The molecule has 27 heavy (non-hydrogen) atoms. The number of benzene rings is 1. The van der Waals surface area contributed by atoms with E-state index in [1.165, 1.54) is 12.1 Å². The number of rotatable bonds is 7. The molecule has 0 radical (unpaired) electrons. The summed E-state index contributed by atoms with van der Waals surface area (Å²) in [4.78, 5) is 6.78. The summed E-state index contributed by atoms with van der Waals surface area (Å²) in [7, 11) is 1.81. The summed E-state index contributed by atoms with van der Waals surface area (Å²) in [6.07, 6.45) is 3.87. The average molecular weight is 434 g/mol. The minimum atomic E-state index is 0.622. The van der Waals surface area contributed by atoms with E-state index < -0.39 is 0 Å². The minimum absolute atomic E-state index is 0.622. The normalized spacial score (nSPS) is 17.4. The summed E-state index contributed by atoms with van der Waals surface area (Å²) < 4.78 is 3.20. The molecular formula is C19H28BrN7. The zero-order valence-electron chi connectivity index (χ0n) is 16.0. The number of hydrogen-bond acceptors (Lipinski definition) is 4. The molecule has 1 aromatic heterocycles. The van der Waals surface area contributed by atoms with Gasteiger partial charge in [0, 0.05) is 56.4 Å². The fraction of sp³-hybridized carbons (Fsp3) is 0.526. The molecule has 8 heteroatoms. The first kappa shape index (κ1) is 19.7. The van der Waals surface area contributed by atoms with Crippen LogP contribution < -0.4 is 15.5 Å². The molecule has 1 aliphatic heterocycles. The van der Waals surface area contributed by atoms with Crippen LogP contribution in [0.15, 0.2) is 40.1 Å². The lowest BCUT2D eigenvalue weighted by atomic mass is 10.1. The molecule has 2 aromatic rings. The van der Waals surface area contributed by atoms with Crippen molar-refractivity contribution in [3.8, 4) is 0 Å². The molecule has 7 nitrogen and oxygen atoms in total. The Morgan fingerprint density at radius 2 is 2.11 bits per heavy atom. The number of aryl methyl sites for hydroxylation is 1. The summed E-state index contributed by atoms with van der Waals surface area (Å²) in [6.45, 7) is 6.82. The topological polar surface area (TPSA) is 70.4 Å². The van der Waals surface area contributed by atoms with E-state index >= 15 is 0 Å². The second-order valence-electron chi connectivity index (χ2n) is 6.75. The van der Waals surface area contributed by atoms with Crippen LogP contribution in [0.1, 0.15) is 19.2 Å². The zero-order chi connectivity index (χ0) is 19.1. The third-order valence-corrected chi connectivity index (χ3v) is 5.45. The second-order valence-corrected chi connectivity index (χ2v) is 7.67. The van der Waals surface area contributed by atoms with E-state index in [0.29, 0.717) is 5.92 Å². The molecule has 1 atom stereocenters. The molecule has 3 rings (SSSR count). The Labute approximate surface area is 169 Å². The lowest BCUT2D eigenvalue weighted by Crippen LogP contribution is -2.41. The van der Waals surface area contributed by atoms with Crippen molar-refractivity contribution >= 4 is 27.6 Å². The number of aromatic nitrogens is 3. The van der Waals surface area contributed by atoms with E-state index in [9.17, 15) is 0 Å². The average Bonchev–Trinajstić information content (AvgIpc) is 3.34. The Bertz CT molecular complexity index is 741. The summed E-state index contributed by atoms with van der Waals surface area (Å²) in [5, 5.41) is 14.9. The van der Waals surface area contributed by atoms with Gasteiger partial charge < -0.3 is 20.1 Å². The highest BCUT2D eigenvalue weighted by molar-refractivity contribution is 9.10. The van der Waals surface area contributed by atoms with Gasteiger partial charge in [0.05, 0.1) is 0 Å². The van der Waals surface area contributed by atoms with Crippen LogP contribution in [0.5, 0.6) is 0 Å². The van der Waals surface area contributed by atoms with E-state index in [1.807, 2.05) is 7.05 Å². The van der Waals surface area contributed by atoms with Crippen molar-refractivity contribution in [2.75, 3.05) is 38.1 Å². The lowest BCUT2D eigenvalue weighted by molar-refractivity contribution is 0.561. The number of nitrogens with zero attached hydrogens (tertiary/aromatic N) is 5. The van der Waals surface area contributed by atoms with Crippen LogP contribution in [-0.2, 0) is 13.0 Å². The maximum atomic E-state index is 4.33. The molecule has 2 heterocycles. The number of guanidine groups is 1. The summed E-state index contributed by atoms with van der Waals surface area (Å²) >= 11 is 3.50. The summed E-state index contributed by atoms with van der Waals surface area (Å²) in [6, 6.07) is 8.56. The fourth-order valence-corrected chi connectivity index (χ4v) is 3.65. The van der Waals surface area contributed by atoms with Crippen LogP contribution in [0.2, 0.25) is 0 Å². The molecule has 0 saturated carbocycles. The molecule has 1 fully saturated rings. The first-order valence-corrected chi connectivity index (χ1v) is 10.3. The zero-order valence-corrected chi connectivity index (χ0v) is 17.6. The highest BCUT2D eigenvalue weighted by atomic mass is 79.9. The van der Waals surface area contributed by atoms with E-state index in [0.717, 1.165) is 55.4 Å². The molecular weight excluding hydrogens is 406 g/mol. The van der Waals surface area contributed by atoms with Crippen LogP contribution in [0.25, 0.3) is 0 Å². The van der Waals surface area contributed by atoms with Crippen molar-refractivity contribution in [3.05, 3.63) is 40.9 Å². The van der Waals surface area contributed by atoms with Gasteiger partial charge in [-0.05, 0) is 36.6 Å². The molecule has 0 spiro atoms. The molecule has 0 amide bonds. The van der Waals surface area contributed by atoms with Gasteiger partial charge in [-0.25, -0.2) is 0 Å². The van der Waals surface area contributed by atoms with Crippen molar-refractivity contribution < 1.29 is 0 Å². The molecule has 2 N–H and O–H groups in total. The van der Waals surface area contributed by atoms with Gasteiger partial charge in [-0.2, -0.15) is 0 Å². The third kappa shape index (κ3) is 5.45. The molecule has 1 aromatic carbocycles. The van der Waals surface area contributed by atoms with Crippen LogP contribution >= 0.6 is 15.9 Å². The smallest absolute Gasteiger partial charge is 0.191 e. The molecule has 1 saturated heterocycles. The first-order chi connectivity index (χ1) is 13.2. The molecule has 1 aliphatic rings. The largest absolute Gasteiger partial charge is 0.371 e. The minimum Gasteiger partial charge on any atom is -0.371 e. The lowest BCUT2D eigenvalue weighted by Gasteiger charge is -2.19. The predicted octanol–water partition coefficient (Wildman–Crippen LogP) is 2.29. The van der Waals surface area contributed by atoms with E-state index in [1.54, 1.807) is 6.33 Å². The predicted molar refractivity (Wildman–Crippen MR) is 113 cm³/mol. The molecule has 1 unspecified atom stereocenters. The van der Waals surface area contributed by atoms with Crippen molar-refractivity contribution in [3.63, 3.8) is 0 Å². The quantitative estimate of drug-likeness (QED) is 0.517. The SMILES string of the molecule is CCc1nncn1CCNC(=NC)NCC1CCN(c2ccc(Br)cc2)C1. The van der Waals surface area contributed by atoms with E-state index in [4.69, 9.17) is 0 Å². The number of aliphatic imine (C=N–C) groups is 1. The maximum absolute atomic E-state index is 4.33. The van der Waals surface area contributed by atoms with Crippen molar-refractivity contribution in [1.82, 2.24) is 25.4 Å². The molecule has 0 aliphatic carbocycles. The number of nitrogens with one attached hydrogen (secondary N) is 2. The standard InChI is InChI=1S/C19H28BrN7/c1-3-18-25-24-14-27(18)11-9-22-19(21-2)23-12-15-8-10-26(13-15)17-6-4-16(20)5-7-17/h4-7,14-15H,3,8-13H2,1-2H3,(H2,21,22,23). The van der Waals surface area contributed by atoms with Gasteiger partial charge in [-0.1, -0.05) is 22.9 Å². The van der Waals surface area contributed by atoms with Crippen LogP contribution in [-0.4, -0.2) is 54.0 Å². The van der Waals surface area contributed by atoms with E-state index in [-0.39, 0.29) is 0 Å². The van der Waals surface area contributed by atoms with Gasteiger partial charge in [0.15, 0.2) is 5.96 Å². The highest BCUT2D eigenvalue weighted by Gasteiger charge is 2.22. The van der Waals surface area contributed by atoms with Gasteiger partial charge in [0.25, 0.3) is 0 Å². The first-order valence-electron chi connectivity index (χ1n) is 9.51. The maximum Gasteiger partial charge on any atom is 0.191 e. The summed E-state index contributed by atoms with van der Waals surface area (Å²) in [5.74, 6) is 2.48. The van der Waals surface area contributed by atoms with Crippen LogP contribution in [0, 0.1) is 5.92 Å². The van der Waals surface area contributed by atoms with Crippen molar-refractivity contribution in [2.45, 2.75) is 26.3 Å². The van der Waals surface area contributed by atoms with Crippen molar-refractivity contribution in [1.29, 1.82) is 0 Å². The Morgan fingerprint density at radius 3 is 2.85 bits per heavy atom. The van der Waals surface area contributed by atoms with Gasteiger partial charge in [0.2, 0.25) is 0 Å². The Morgan fingerprint density at radius 1 is 1.30 bits per heavy atom. The summed E-state index contributed by atoms with van der Waals surface area (Å²) in [5.41, 5.74) is 1.30. The fourth-order valence-electron chi connectivity index (χ4n) is 3.38. The monoisotopic (exact) mass is 433 g/mol. The van der Waals surface area contributed by atoms with Crippen molar-refractivity contribution in [2.24, 2.45) is 10.9 Å². The van der Waals surface area contributed by atoms with Gasteiger partial charge in [-0.15, -0.1) is 10.2 Å². The Balaban J connectivity index is 1.40. The number of halogens is 1.